The van der Waals surface area contributed by atoms with Crippen molar-refractivity contribution >= 4 is 20.8 Å². The normalized spacial score (nSPS) is 11.5. The highest BCUT2D eigenvalue weighted by atomic mass is 32.2. The largest absolute Gasteiger partial charge is 0.494 e. The number of hydrogen-bond donors (Lipinski definition) is 1. The Morgan fingerprint density at radius 1 is 0.917 bits per heavy atom. The van der Waals surface area contributed by atoms with Gasteiger partial charge in [-0.25, -0.2) is 13.1 Å². The van der Waals surface area contributed by atoms with Crippen LogP contribution in [0.1, 0.15) is 12.5 Å². The molecule has 124 valence electrons. The Morgan fingerprint density at radius 3 is 2.38 bits per heavy atom. The third-order valence-electron chi connectivity index (χ3n) is 3.71. The second kappa shape index (κ2) is 7.03. The standard InChI is InChI=1S/C19H19NO3S/c1-2-23-18-10-8-17-13-19(11-9-16(17)12-18)24(21,22)20-14-15-6-4-3-5-7-15/h3-13,20H,2,14H2,1H3. The van der Waals surface area contributed by atoms with E-state index in [2.05, 4.69) is 4.72 Å². The summed E-state index contributed by atoms with van der Waals surface area (Å²) in [5.41, 5.74) is 0.920. The Morgan fingerprint density at radius 2 is 1.62 bits per heavy atom. The maximum atomic E-state index is 12.5. The Hall–Kier alpha value is -2.37. The third-order valence-corrected chi connectivity index (χ3v) is 5.11. The van der Waals surface area contributed by atoms with E-state index in [1.54, 1.807) is 18.2 Å². The van der Waals surface area contributed by atoms with Crippen LogP contribution in [0.3, 0.4) is 0 Å². The van der Waals surface area contributed by atoms with Gasteiger partial charge in [0.05, 0.1) is 11.5 Å². The highest BCUT2D eigenvalue weighted by molar-refractivity contribution is 7.89. The van der Waals surface area contributed by atoms with Gasteiger partial charge in [0.15, 0.2) is 0 Å². The minimum absolute atomic E-state index is 0.259. The smallest absolute Gasteiger partial charge is 0.240 e. The van der Waals surface area contributed by atoms with Gasteiger partial charge in [0.25, 0.3) is 0 Å². The molecule has 0 aromatic heterocycles. The monoisotopic (exact) mass is 341 g/mol. The summed E-state index contributed by atoms with van der Waals surface area (Å²) in [5.74, 6) is 0.780. The van der Waals surface area contributed by atoms with Crippen LogP contribution in [-0.4, -0.2) is 15.0 Å². The molecular weight excluding hydrogens is 322 g/mol. The molecule has 0 aliphatic rings. The van der Waals surface area contributed by atoms with Crippen LogP contribution in [0, 0.1) is 0 Å². The van der Waals surface area contributed by atoms with Crippen molar-refractivity contribution in [3.63, 3.8) is 0 Å². The van der Waals surface area contributed by atoms with Crippen molar-refractivity contribution in [1.82, 2.24) is 4.72 Å². The van der Waals surface area contributed by atoms with Gasteiger partial charge in [-0.15, -0.1) is 0 Å². The minimum atomic E-state index is -3.55. The van der Waals surface area contributed by atoms with E-state index < -0.39 is 10.0 Å². The molecule has 24 heavy (non-hydrogen) atoms. The number of benzene rings is 3. The molecule has 3 aromatic carbocycles. The van der Waals surface area contributed by atoms with E-state index in [-0.39, 0.29) is 11.4 Å². The molecule has 0 spiro atoms. The lowest BCUT2D eigenvalue weighted by atomic mass is 10.1. The molecular formula is C19H19NO3S. The molecule has 3 aromatic rings. The van der Waals surface area contributed by atoms with Crippen LogP contribution in [0.5, 0.6) is 5.75 Å². The summed E-state index contributed by atoms with van der Waals surface area (Å²) in [7, 11) is -3.55. The molecule has 0 fully saturated rings. The molecule has 0 aliphatic carbocycles. The SMILES string of the molecule is CCOc1ccc2cc(S(=O)(=O)NCc3ccccc3)ccc2c1. The first kappa shape index (κ1) is 16.5. The predicted octanol–water partition coefficient (Wildman–Crippen LogP) is 3.72. The Balaban J connectivity index is 1.83. The zero-order valence-corrected chi connectivity index (χ0v) is 14.2. The average molecular weight is 341 g/mol. The summed E-state index contributed by atoms with van der Waals surface area (Å²) < 4.78 is 33.1. The third kappa shape index (κ3) is 3.75. The van der Waals surface area contributed by atoms with Gasteiger partial charge in [0.1, 0.15) is 5.75 Å². The molecule has 5 heteroatoms. The maximum absolute atomic E-state index is 12.5. The average Bonchev–Trinajstić information content (AvgIpc) is 2.61. The molecule has 3 rings (SSSR count). The van der Waals surface area contributed by atoms with Crippen molar-refractivity contribution in [1.29, 1.82) is 0 Å². The second-order valence-electron chi connectivity index (χ2n) is 5.41. The first-order valence-electron chi connectivity index (χ1n) is 7.79. The van der Waals surface area contributed by atoms with Crippen molar-refractivity contribution in [2.45, 2.75) is 18.4 Å². The lowest BCUT2D eigenvalue weighted by Gasteiger charge is -2.09. The zero-order chi connectivity index (χ0) is 17.0. The summed E-state index contributed by atoms with van der Waals surface area (Å²) in [6.45, 7) is 2.80. The Bertz CT molecular complexity index is 937. The lowest BCUT2D eigenvalue weighted by Crippen LogP contribution is -2.23. The topological polar surface area (TPSA) is 55.4 Å². The van der Waals surface area contributed by atoms with E-state index in [0.717, 1.165) is 22.1 Å². The van der Waals surface area contributed by atoms with Crippen LogP contribution in [0.15, 0.2) is 71.6 Å². The summed E-state index contributed by atoms with van der Waals surface area (Å²) in [6, 6.07) is 20.2. The fourth-order valence-electron chi connectivity index (χ4n) is 2.48. The number of nitrogens with one attached hydrogen (secondary N) is 1. The van der Waals surface area contributed by atoms with Crippen molar-refractivity contribution in [3.05, 3.63) is 72.3 Å². The van der Waals surface area contributed by atoms with E-state index in [1.165, 1.54) is 0 Å². The Kier molecular flexibility index (Phi) is 4.83. The van der Waals surface area contributed by atoms with Crippen LogP contribution >= 0.6 is 0 Å². The molecule has 0 radical (unpaired) electrons. The van der Waals surface area contributed by atoms with E-state index >= 15 is 0 Å². The van der Waals surface area contributed by atoms with Gasteiger partial charge in [0.2, 0.25) is 10.0 Å². The zero-order valence-electron chi connectivity index (χ0n) is 13.4. The molecule has 0 saturated heterocycles. The quantitative estimate of drug-likeness (QED) is 0.743. The molecule has 0 bridgehead atoms. The van der Waals surface area contributed by atoms with E-state index in [0.29, 0.717) is 6.61 Å². The molecule has 0 unspecified atom stereocenters. The molecule has 0 heterocycles. The number of ether oxygens (including phenoxy) is 1. The van der Waals surface area contributed by atoms with Gasteiger partial charge < -0.3 is 4.74 Å². The van der Waals surface area contributed by atoms with Gasteiger partial charge in [-0.1, -0.05) is 42.5 Å². The van der Waals surface area contributed by atoms with Gasteiger partial charge >= 0.3 is 0 Å². The fraction of sp³-hybridized carbons (Fsp3) is 0.158. The molecule has 4 nitrogen and oxygen atoms in total. The number of fused-ring (bicyclic) bond motifs is 1. The number of rotatable bonds is 6. The number of hydrogen-bond acceptors (Lipinski definition) is 3. The summed E-state index contributed by atoms with van der Waals surface area (Å²) in [6.07, 6.45) is 0. The fourth-order valence-corrected chi connectivity index (χ4v) is 3.54. The van der Waals surface area contributed by atoms with Crippen LogP contribution in [0.4, 0.5) is 0 Å². The lowest BCUT2D eigenvalue weighted by molar-refractivity contribution is 0.341. The summed E-state index contributed by atoms with van der Waals surface area (Å²) in [4.78, 5) is 0.259. The van der Waals surface area contributed by atoms with Crippen molar-refractivity contribution in [2.24, 2.45) is 0 Å². The predicted molar refractivity (Wildman–Crippen MR) is 95.6 cm³/mol. The van der Waals surface area contributed by atoms with Crippen molar-refractivity contribution in [2.75, 3.05) is 6.61 Å². The Labute approximate surface area is 142 Å². The van der Waals surface area contributed by atoms with Crippen LogP contribution in [-0.2, 0) is 16.6 Å². The summed E-state index contributed by atoms with van der Waals surface area (Å²) >= 11 is 0. The van der Waals surface area contributed by atoms with Crippen molar-refractivity contribution in [3.8, 4) is 5.75 Å². The molecule has 0 amide bonds. The highest BCUT2D eigenvalue weighted by Crippen LogP contribution is 2.24. The van der Waals surface area contributed by atoms with Gasteiger partial charge in [-0.2, -0.15) is 0 Å². The maximum Gasteiger partial charge on any atom is 0.240 e. The van der Waals surface area contributed by atoms with Crippen LogP contribution in [0.25, 0.3) is 10.8 Å². The highest BCUT2D eigenvalue weighted by Gasteiger charge is 2.14. The second-order valence-corrected chi connectivity index (χ2v) is 7.18. The van der Waals surface area contributed by atoms with E-state index in [1.807, 2.05) is 55.5 Å². The first-order chi connectivity index (χ1) is 11.6. The van der Waals surface area contributed by atoms with Gasteiger partial charge in [0, 0.05) is 6.54 Å². The van der Waals surface area contributed by atoms with E-state index in [4.69, 9.17) is 4.74 Å². The first-order valence-corrected chi connectivity index (χ1v) is 9.27. The van der Waals surface area contributed by atoms with Crippen LogP contribution in [0.2, 0.25) is 0 Å². The van der Waals surface area contributed by atoms with Crippen molar-refractivity contribution < 1.29 is 13.2 Å². The molecule has 0 aliphatic heterocycles. The molecule has 0 atom stereocenters. The summed E-state index contributed by atoms with van der Waals surface area (Å²) in [5, 5.41) is 1.81. The molecule has 0 saturated carbocycles. The van der Waals surface area contributed by atoms with Gasteiger partial charge in [-0.3, -0.25) is 0 Å². The number of sulfonamides is 1. The minimum Gasteiger partial charge on any atom is -0.494 e. The van der Waals surface area contributed by atoms with Gasteiger partial charge in [-0.05, 0) is 47.5 Å². The molecule has 1 N–H and O–H groups in total. The van der Waals surface area contributed by atoms with E-state index in [9.17, 15) is 8.42 Å². The van der Waals surface area contributed by atoms with Crippen LogP contribution < -0.4 is 9.46 Å².